The minimum atomic E-state index is -0.169. The summed E-state index contributed by atoms with van der Waals surface area (Å²) in [5.41, 5.74) is 2.34. The summed E-state index contributed by atoms with van der Waals surface area (Å²) in [6.07, 6.45) is 5.13. The van der Waals surface area contributed by atoms with Crippen LogP contribution in [-0.4, -0.2) is 33.9 Å². The quantitative estimate of drug-likeness (QED) is 0.847. The number of hydrogen-bond donors (Lipinski definition) is 1. The largest absolute Gasteiger partial charge is 0.348 e. The molecule has 1 saturated carbocycles. The SMILES string of the molecule is O=C(NC1CC1)c1nc(C2=CCN(Br)CC2)ccc1Cl. The van der Waals surface area contributed by atoms with E-state index in [9.17, 15) is 4.79 Å². The minimum absolute atomic E-state index is 0.169. The van der Waals surface area contributed by atoms with Gasteiger partial charge < -0.3 is 5.32 Å². The number of pyridine rings is 1. The maximum atomic E-state index is 12.1. The minimum Gasteiger partial charge on any atom is -0.348 e. The van der Waals surface area contributed by atoms with Crippen LogP contribution in [0.3, 0.4) is 0 Å². The van der Waals surface area contributed by atoms with Crippen molar-refractivity contribution in [3.8, 4) is 0 Å². The van der Waals surface area contributed by atoms with Crippen molar-refractivity contribution in [2.24, 2.45) is 0 Å². The molecule has 2 heterocycles. The van der Waals surface area contributed by atoms with Gasteiger partial charge in [-0.2, -0.15) is 0 Å². The van der Waals surface area contributed by atoms with Crippen LogP contribution in [0.2, 0.25) is 5.02 Å². The van der Waals surface area contributed by atoms with Gasteiger partial charge in [-0.1, -0.05) is 17.7 Å². The van der Waals surface area contributed by atoms with E-state index in [4.69, 9.17) is 11.6 Å². The van der Waals surface area contributed by atoms with Crippen molar-refractivity contribution in [3.63, 3.8) is 0 Å². The van der Waals surface area contributed by atoms with Crippen molar-refractivity contribution >= 4 is 39.2 Å². The third-order valence-corrected chi connectivity index (χ3v) is 4.41. The summed E-state index contributed by atoms with van der Waals surface area (Å²) in [4.78, 5) is 16.6. The van der Waals surface area contributed by atoms with Crippen molar-refractivity contribution in [2.45, 2.75) is 25.3 Å². The van der Waals surface area contributed by atoms with E-state index in [1.54, 1.807) is 6.07 Å². The first-order valence-corrected chi connectivity index (χ1v) is 7.80. The number of hydrogen-bond acceptors (Lipinski definition) is 3. The van der Waals surface area contributed by atoms with Gasteiger partial charge in [-0.3, -0.25) is 4.79 Å². The molecule has 20 heavy (non-hydrogen) atoms. The second kappa shape index (κ2) is 5.84. The van der Waals surface area contributed by atoms with Gasteiger partial charge in [0, 0.05) is 35.3 Å². The van der Waals surface area contributed by atoms with Gasteiger partial charge >= 0.3 is 0 Å². The number of rotatable bonds is 3. The summed E-state index contributed by atoms with van der Waals surface area (Å²) >= 11 is 9.55. The van der Waals surface area contributed by atoms with Crippen LogP contribution in [0.15, 0.2) is 18.2 Å². The first-order chi connectivity index (χ1) is 9.63. The van der Waals surface area contributed by atoms with Crippen LogP contribution >= 0.6 is 27.7 Å². The lowest BCUT2D eigenvalue weighted by atomic mass is 10.1. The van der Waals surface area contributed by atoms with E-state index in [1.807, 2.05) is 6.07 Å². The number of carbonyl (C=O) groups excluding carboxylic acids is 1. The Bertz CT molecular complexity index is 572. The van der Waals surface area contributed by atoms with Crippen molar-refractivity contribution in [2.75, 3.05) is 13.1 Å². The molecule has 0 unspecified atom stereocenters. The van der Waals surface area contributed by atoms with Crippen LogP contribution in [0.25, 0.3) is 5.57 Å². The van der Waals surface area contributed by atoms with E-state index < -0.39 is 0 Å². The van der Waals surface area contributed by atoms with E-state index in [2.05, 4.69) is 36.4 Å². The van der Waals surface area contributed by atoms with Crippen molar-refractivity contribution in [3.05, 3.63) is 34.6 Å². The van der Waals surface area contributed by atoms with E-state index in [0.717, 1.165) is 43.6 Å². The topological polar surface area (TPSA) is 45.2 Å². The summed E-state index contributed by atoms with van der Waals surface area (Å²) in [7, 11) is 0. The molecule has 106 valence electrons. The predicted molar refractivity (Wildman–Crippen MR) is 82.8 cm³/mol. The zero-order valence-corrected chi connectivity index (χ0v) is 13.2. The lowest BCUT2D eigenvalue weighted by molar-refractivity contribution is 0.0946. The molecular weight excluding hydrogens is 342 g/mol. The number of aromatic nitrogens is 1. The molecule has 0 bridgehead atoms. The van der Waals surface area contributed by atoms with Gasteiger partial charge in [0.2, 0.25) is 0 Å². The van der Waals surface area contributed by atoms with Crippen molar-refractivity contribution in [1.82, 2.24) is 14.2 Å². The van der Waals surface area contributed by atoms with Crippen LogP contribution in [0.4, 0.5) is 0 Å². The zero-order valence-electron chi connectivity index (χ0n) is 10.9. The molecule has 1 aliphatic heterocycles. The Kier molecular flexibility index (Phi) is 4.10. The fourth-order valence-corrected chi connectivity index (χ4v) is 2.65. The molecule has 0 radical (unpaired) electrons. The first kappa shape index (κ1) is 14.0. The van der Waals surface area contributed by atoms with Gasteiger partial charge in [0.25, 0.3) is 5.91 Å². The third kappa shape index (κ3) is 3.22. The lowest BCUT2D eigenvalue weighted by Crippen LogP contribution is -2.27. The Morgan fingerprint density at radius 2 is 2.25 bits per heavy atom. The van der Waals surface area contributed by atoms with Gasteiger partial charge in [0.15, 0.2) is 0 Å². The molecule has 1 aliphatic carbocycles. The van der Waals surface area contributed by atoms with Crippen LogP contribution in [0.5, 0.6) is 0 Å². The van der Waals surface area contributed by atoms with E-state index in [0.29, 0.717) is 16.8 Å². The summed E-state index contributed by atoms with van der Waals surface area (Å²) in [5, 5.41) is 3.33. The van der Waals surface area contributed by atoms with Gasteiger partial charge in [0.1, 0.15) is 5.69 Å². The van der Waals surface area contributed by atoms with Gasteiger partial charge in [0.05, 0.1) is 10.7 Å². The maximum Gasteiger partial charge on any atom is 0.271 e. The number of amides is 1. The highest BCUT2D eigenvalue weighted by Crippen LogP contribution is 2.25. The summed E-state index contributed by atoms with van der Waals surface area (Å²) in [5.74, 6) is -0.169. The second-order valence-electron chi connectivity index (χ2n) is 5.12. The molecule has 1 aromatic heterocycles. The van der Waals surface area contributed by atoms with Gasteiger partial charge in [-0.25, -0.2) is 8.91 Å². The van der Waals surface area contributed by atoms with Crippen molar-refractivity contribution < 1.29 is 4.79 Å². The normalized spacial score (nSPS) is 19.6. The average Bonchev–Trinajstić information content (AvgIpc) is 3.24. The maximum absolute atomic E-state index is 12.1. The predicted octanol–water partition coefficient (Wildman–Crippen LogP) is 3.03. The van der Waals surface area contributed by atoms with Crippen LogP contribution in [0.1, 0.15) is 35.4 Å². The molecule has 1 aromatic rings. The molecule has 1 amide bonds. The molecule has 0 spiro atoms. The second-order valence-corrected chi connectivity index (χ2v) is 6.53. The Morgan fingerprint density at radius 3 is 2.90 bits per heavy atom. The van der Waals surface area contributed by atoms with Crippen LogP contribution < -0.4 is 5.32 Å². The molecular formula is C14H15BrClN3O. The summed E-state index contributed by atoms with van der Waals surface area (Å²) in [6, 6.07) is 3.94. The van der Waals surface area contributed by atoms with E-state index in [-0.39, 0.29) is 5.91 Å². The molecule has 3 rings (SSSR count). The molecule has 2 aliphatic rings. The Hall–Kier alpha value is -0.910. The summed E-state index contributed by atoms with van der Waals surface area (Å²) in [6.45, 7) is 1.77. The van der Waals surface area contributed by atoms with Crippen LogP contribution in [0, 0.1) is 0 Å². The zero-order chi connectivity index (χ0) is 14.1. The standard InChI is InChI=1S/C14H15BrClN3O/c15-19-7-5-9(6-8-19)12-4-3-11(16)13(18-12)14(20)17-10-1-2-10/h3-5,10H,1-2,6-8H2,(H,17,20). The van der Waals surface area contributed by atoms with Gasteiger partial charge in [-0.05, 0) is 37.0 Å². The third-order valence-electron chi connectivity index (χ3n) is 3.46. The monoisotopic (exact) mass is 355 g/mol. The van der Waals surface area contributed by atoms with E-state index >= 15 is 0 Å². The first-order valence-electron chi connectivity index (χ1n) is 6.71. The molecule has 0 saturated heterocycles. The Morgan fingerprint density at radius 1 is 1.45 bits per heavy atom. The Labute approximate surface area is 131 Å². The molecule has 1 N–H and O–H groups in total. The van der Waals surface area contributed by atoms with Crippen molar-refractivity contribution in [1.29, 1.82) is 0 Å². The molecule has 0 atom stereocenters. The smallest absolute Gasteiger partial charge is 0.271 e. The highest BCUT2D eigenvalue weighted by molar-refractivity contribution is 9.07. The fraction of sp³-hybridized carbons (Fsp3) is 0.429. The van der Waals surface area contributed by atoms with Gasteiger partial charge in [-0.15, -0.1) is 0 Å². The highest BCUT2D eigenvalue weighted by atomic mass is 79.9. The number of carbonyl (C=O) groups is 1. The fourth-order valence-electron chi connectivity index (χ4n) is 2.14. The molecule has 6 heteroatoms. The lowest BCUT2D eigenvalue weighted by Gasteiger charge is -2.20. The van der Waals surface area contributed by atoms with Crippen LogP contribution in [-0.2, 0) is 0 Å². The highest BCUT2D eigenvalue weighted by Gasteiger charge is 2.25. The average molecular weight is 357 g/mol. The molecule has 0 aromatic carbocycles. The molecule has 4 nitrogen and oxygen atoms in total. The number of halogens is 2. The number of nitrogens with zero attached hydrogens (tertiary/aromatic N) is 2. The molecule has 1 fully saturated rings. The van der Waals surface area contributed by atoms with E-state index in [1.165, 1.54) is 0 Å². The Balaban J connectivity index is 1.84. The summed E-state index contributed by atoms with van der Waals surface area (Å²) < 4.78 is 2.06. The number of nitrogens with one attached hydrogen (secondary N) is 1.